The van der Waals surface area contributed by atoms with Crippen LogP contribution in [-0.2, 0) is 9.47 Å². The highest BCUT2D eigenvalue weighted by molar-refractivity contribution is 5.27. The zero-order chi connectivity index (χ0) is 20.1. The molecule has 5 aliphatic rings. The molecule has 4 heteroatoms. The summed E-state index contributed by atoms with van der Waals surface area (Å²) in [6.45, 7) is 10.5. The van der Waals surface area contributed by atoms with Gasteiger partial charge in [0.15, 0.2) is 5.79 Å². The highest BCUT2D eigenvalue weighted by Gasteiger charge is 2.68. The number of halogens is 1. The van der Waals surface area contributed by atoms with Crippen molar-refractivity contribution in [3.8, 4) is 0 Å². The maximum atomic E-state index is 14.4. The molecule has 1 aliphatic heterocycles. The summed E-state index contributed by atoms with van der Waals surface area (Å²) < 4.78 is 27.5. The lowest BCUT2D eigenvalue weighted by molar-refractivity contribution is -0.182. The molecule has 4 aliphatic carbocycles. The van der Waals surface area contributed by atoms with Crippen LogP contribution in [0.25, 0.3) is 0 Å². The SMILES string of the molecule is CC(F)=C1CCC2C3C(CC[C@]12C)[C@@]1(C)CC[C@H](O)CC1[C@H]1OC(C)(C)O[C@H]31. The van der Waals surface area contributed by atoms with Crippen LogP contribution in [-0.4, -0.2) is 29.2 Å². The Hall–Kier alpha value is -0.450. The van der Waals surface area contributed by atoms with Crippen LogP contribution in [0.1, 0.15) is 79.6 Å². The van der Waals surface area contributed by atoms with Crippen molar-refractivity contribution in [1.82, 2.24) is 0 Å². The summed E-state index contributed by atoms with van der Waals surface area (Å²) in [4.78, 5) is 0. The zero-order valence-corrected chi connectivity index (χ0v) is 18.1. The molecule has 0 aromatic heterocycles. The number of aliphatic hydroxyl groups is 1. The van der Waals surface area contributed by atoms with Crippen LogP contribution < -0.4 is 0 Å². The molecule has 4 unspecified atom stereocenters. The van der Waals surface area contributed by atoms with Gasteiger partial charge < -0.3 is 14.6 Å². The van der Waals surface area contributed by atoms with Crippen LogP contribution in [0.15, 0.2) is 11.4 Å². The van der Waals surface area contributed by atoms with Gasteiger partial charge in [-0.1, -0.05) is 13.8 Å². The van der Waals surface area contributed by atoms with Gasteiger partial charge in [-0.3, -0.25) is 0 Å². The van der Waals surface area contributed by atoms with Crippen LogP contribution in [0.5, 0.6) is 0 Å². The molecule has 0 aromatic carbocycles. The number of fused-ring (bicyclic) bond motifs is 8. The minimum absolute atomic E-state index is 0.0297. The Morgan fingerprint density at radius 3 is 2.39 bits per heavy atom. The van der Waals surface area contributed by atoms with E-state index in [0.29, 0.717) is 23.7 Å². The van der Waals surface area contributed by atoms with Gasteiger partial charge in [0, 0.05) is 0 Å². The molecule has 1 heterocycles. The van der Waals surface area contributed by atoms with Crippen LogP contribution in [0, 0.1) is 34.5 Å². The third-order valence-corrected chi connectivity index (χ3v) is 9.71. The first-order chi connectivity index (χ1) is 13.1. The molecule has 1 N–H and O–H groups in total. The van der Waals surface area contributed by atoms with Crippen molar-refractivity contribution in [2.45, 2.75) is 104 Å². The van der Waals surface area contributed by atoms with Crippen LogP contribution in [0.3, 0.4) is 0 Å². The van der Waals surface area contributed by atoms with Crippen molar-refractivity contribution in [3.63, 3.8) is 0 Å². The predicted octanol–water partition coefficient (Wildman–Crippen LogP) is 5.37. The van der Waals surface area contributed by atoms with Crippen molar-refractivity contribution >= 4 is 0 Å². The van der Waals surface area contributed by atoms with Gasteiger partial charge in [-0.25, -0.2) is 4.39 Å². The average molecular weight is 393 g/mol. The van der Waals surface area contributed by atoms with E-state index in [4.69, 9.17) is 9.47 Å². The van der Waals surface area contributed by atoms with Gasteiger partial charge in [-0.15, -0.1) is 0 Å². The lowest BCUT2D eigenvalue weighted by Gasteiger charge is -2.62. The molecule has 0 spiro atoms. The van der Waals surface area contributed by atoms with Gasteiger partial charge in [-0.05, 0) is 106 Å². The number of hydrogen-bond donors (Lipinski definition) is 1. The van der Waals surface area contributed by atoms with E-state index < -0.39 is 5.79 Å². The number of allylic oxidation sites excluding steroid dienone is 2. The molecule has 5 rings (SSSR count). The maximum Gasteiger partial charge on any atom is 0.163 e. The molecule has 28 heavy (non-hydrogen) atoms. The minimum Gasteiger partial charge on any atom is -0.393 e. The minimum atomic E-state index is -0.575. The Balaban J connectivity index is 1.59. The summed E-state index contributed by atoms with van der Waals surface area (Å²) >= 11 is 0. The van der Waals surface area contributed by atoms with E-state index in [9.17, 15) is 9.50 Å². The first-order valence-corrected chi connectivity index (χ1v) is 11.5. The molecule has 4 saturated carbocycles. The van der Waals surface area contributed by atoms with Gasteiger partial charge in [0.2, 0.25) is 0 Å². The van der Waals surface area contributed by atoms with Gasteiger partial charge in [0.1, 0.15) is 0 Å². The Kier molecular flexibility index (Phi) is 4.21. The molecular formula is C24H37FO3. The summed E-state index contributed by atoms with van der Waals surface area (Å²) in [7, 11) is 0. The number of hydrogen-bond acceptors (Lipinski definition) is 3. The average Bonchev–Trinajstić information content (AvgIpc) is 3.12. The Bertz CT molecular complexity index is 698. The van der Waals surface area contributed by atoms with Crippen LogP contribution in [0.2, 0.25) is 0 Å². The van der Waals surface area contributed by atoms with Gasteiger partial charge in [0.25, 0.3) is 0 Å². The lowest BCUT2D eigenvalue weighted by atomic mass is 9.43. The standard InChI is InChI=1S/C24H37FO3/c1-13(25)15-6-7-16-19-17(9-11-23(15,16)4)24(5)10-8-14(26)12-18(24)20-21(19)28-22(2,3)27-20/h14,16-21,26H,6-12H2,1-5H3/t14-,16?,17?,18?,19?,20+,21+,23+,24+/m0/s1. The molecule has 1 saturated heterocycles. The third-order valence-electron chi connectivity index (χ3n) is 9.71. The summed E-state index contributed by atoms with van der Waals surface area (Å²) in [5.74, 6) is 1.31. The second-order valence-corrected chi connectivity index (χ2v) is 11.4. The summed E-state index contributed by atoms with van der Waals surface area (Å²) in [6.07, 6.45) is 6.91. The van der Waals surface area contributed by atoms with Crippen LogP contribution >= 0.6 is 0 Å². The Morgan fingerprint density at radius 1 is 0.964 bits per heavy atom. The first-order valence-electron chi connectivity index (χ1n) is 11.5. The monoisotopic (exact) mass is 392 g/mol. The van der Waals surface area contributed by atoms with Gasteiger partial charge >= 0.3 is 0 Å². The molecular weight excluding hydrogens is 355 g/mol. The van der Waals surface area contributed by atoms with Crippen LogP contribution in [0.4, 0.5) is 4.39 Å². The van der Waals surface area contributed by atoms with Crippen molar-refractivity contribution < 1.29 is 19.0 Å². The zero-order valence-electron chi connectivity index (χ0n) is 18.1. The molecule has 158 valence electrons. The van der Waals surface area contributed by atoms with E-state index >= 15 is 0 Å². The normalized spacial score (nSPS) is 56.5. The third kappa shape index (κ3) is 2.50. The van der Waals surface area contributed by atoms with Crippen molar-refractivity contribution in [3.05, 3.63) is 11.4 Å². The fourth-order valence-corrected chi connectivity index (χ4v) is 8.54. The second-order valence-electron chi connectivity index (χ2n) is 11.4. The number of aliphatic hydroxyl groups excluding tert-OH is 1. The quantitative estimate of drug-likeness (QED) is 0.602. The number of ether oxygens (including phenoxy) is 2. The highest BCUT2D eigenvalue weighted by atomic mass is 19.1. The highest BCUT2D eigenvalue weighted by Crippen LogP contribution is 2.69. The second kappa shape index (κ2) is 6.04. The topological polar surface area (TPSA) is 38.7 Å². The summed E-state index contributed by atoms with van der Waals surface area (Å²) in [5, 5.41) is 10.5. The number of rotatable bonds is 0. The van der Waals surface area contributed by atoms with E-state index in [1.807, 2.05) is 13.8 Å². The van der Waals surface area contributed by atoms with Crippen molar-refractivity contribution in [2.24, 2.45) is 34.5 Å². The molecule has 0 amide bonds. The predicted molar refractivity (Wildman–Crippen MR) is 106 cm³/mol. The van der Waals surface area contributed by atoms with E-state index in [1.54, 1.807) is 6.92 Å². The van der Waals surface area contributed by atoms with Crippen molar-refractivity contribution in [2.75, 3.05) is 0 Å². The molecule has 0 bridgehead atoms. The molecule has 0 radical (unpaired) electrons. The molecule has 5 fully saturated rings. The Morgan fingerprint density at radius 2 is 1.68 bits per heavy atom. The fraction of sp³-hybridized carbons (Fsp3) is 0.917. The van der Waals surface area contributed by atoms with Gasteiger partial charge in [-0.2, -0.15) is 0 Å². The Labute approximate surface area is 169 Å². The summed E-state index contributed by atoms with van der Waals surface area (Å²) in [5.41, 5.74) is 1.22. The van der Waals surface area contributed by atoms with E-state index in [-0.39, 0.29) is 35.0 Å². The van der Waals surface area contributed by atoms with Gasteiger partial charge in [0.05, 0.1) is 24.1 Å². The van der Waals surface area contributed by atoms with E-state index in [1.165, 1.54) is 0 Å². The fourth-order valence-electron chi connectivity index (χ4n) is 8.54. The van der Waals surface area contributed by atoms with E-state index in [2.05, 4.69) is 13.8 Å². The van der Waals surface area contributed by atoms with Crippen molar-refractivity contribution in [1.29, 1.82) is 0 Å². The van der Waals surface area contributed by atoms with E-state index in [0.717, 1.165) is 50.5 Å². The molecule has 0 aromatic rings. The molecule has 3 nitrogen and oxygen atoms in total. The first kappa shape index (κ1) is 19.5. The smallest absolute Gasteiger partial charge is 0.163 e. The summed E-state index contributed by atoms with van der Waals surface area (Å²) in [6, 6.07) is 0. The maximum absolute atomic E-state index is 14.4. The largest absolute Gasteiger partial charge is 0.393 e. The lowest BCUT2D eigenvalue weighted by Crippen LogP contribution is -2.63. The molecule has 9 atom stereocenters.